The number of carbonyl (C=O) groups is 1. The zero-order chi connectivity index (χ0) is 5.98. The zero-order valence-corrected chi connectivity index (χ0v) is 4.72. The topological polar surface area (TPSA) is 35.5 Å². The lowest BCUT2D eigenvalue weighted by atomic mass is 9.94. The predicted molar refractivity (Wildman–Crippen MR) is 28.3 cm³/mol. The second-order valence-corrected chi connectivity index (χ2v) is 1.68. The molecule has 0 radical (unpaired) electrons. The summed E-state index contributed by atoms with van der Waals surface area (Å²) in [6.07, 6.45) is 0.393. The van der Waals surface area contributed by atoms with Crippen LogP contribution in [0, 0.1) is 0 Å². The first kappa shape index (κ1) is 5.63. The number of carbonyl (C=O) groups excluding carboxylic acids is 1. The Kier molecular flexibility index (Phi) is 1.53. The normalized spacial score (nSPS) is 20.6. The highest BCUT2D eigenvalue weighted by atomic mass is 16.6. The molecule has 1 aliphatic rings. The predicted octanol–water partition coefficient (Wildman–Crippen LogP) is 0.0679. The van der Waals surface area contributed by atoms with Crippen molar-refractivity contribution in [2.45, 2.75) is 13.2 Å². The van der Waals surface area contributed by atoms with Gasteiger partial charge in [0.25, 0.3) is 5.97 Å². The second kappa shape index (κ2) is 2.18. The van der Waals surface area contributed by atoms with Gasteiger partial charge < -0.3 is 9.31 Å². The van der Waals surface area contributed by atoms with E-state index in [9.17, 15) is 4.79 Å². The summed E-state index contributed by atoms with van der Waals surface area (Å²) in [6.45, 7) is 2.21. The fourth-order valence-corrected chi connectivity index (χ4v) is 0.586. The molecule has 0 N–H and O–H groups in total. The van der Waals surface area contributed by atoms with Crippen LogP contribution in [0.3, 0.4) is 0 Å². The highest BCUT2D eigenvalue weighted by Gasteiger charge is 2.21. The van der Waals surface area contributed by atoms with E-state index >= 15 is 0 Å². The lowest BCUT2D eigenvalue weighted by Crippen LogP contribution is -2.29. The molecule has 0 amide bonds. The Hall–Kier alpha value is -0.505. The minimum Gasteiger partial charge on any atom is -0.510 e. The second-order valence-electron chi connectivity index (χ2n) is 1.68. The first-order valence-corrected chi connectivity index (χ1v) is 2.60. The Morgan fingerprint density at radius 1 is 1.75 bits per heavy atom. The third-order valence-electron chi connectivity index (χ3n) is 0.956. The fourth-order valence-electron chi connectivity index (χ4n) is 0.586. The molecule has 1 saturated heterocycles. The van der Waals surface area contributed by atoms with Crippen LogP contribution in [0.15, 0.2) is 0 Å². The van der Waals surface area contributed by atoms with Gasteiger partial charge in [0.1, 0.15) is 0 Å². The van der Waals surface area contributed by atoms with Crippen molar-refractivity contribution in [2.24, 2.45) is 0 Å². The van der Waals surface area contributed by atoms with Gasteiger partial charge in [0.2, 0.25) is 0 Å². The highest BCUT2D eigenvalue weighted by molar-refractivity contribution is 6.45. The van der Waals surface area contributed by atoms with Gasteiger partial charge >= 0.3 is 7.12 Å². The molecule has 8 heavy (non-hydrogen) atoms. The Bertz CT molecular complexity index is 103. The molecule has 0 saturated carbocycles. The molecule has 0 aromatic rings. The zero-order valence-electron chi connectivity index (χ0n) is 4.72. The Labute approximate surface area is 48.1 Å². The quantitative estimate of drug-likeness (QED) is 0.418. The van der Waals surface area contributed by atoms with Crippen molar-refractivity contribution in [3.05, 3.63) is 0 Å². The molecule has 4 heteroatoms. The van der Waals surface area contributed by atoms with Crippen molar-refractivity contribution in [3.63, 3.8) is 0 Å². The van der Waals surface area contributed by atoms with Crippen LogP contribution in [0.4, 0.5) is 0 Å². The number of hydrogen-bond acceptors (Lipinski definition) is 3. The van der Waals surface area contributed by atoms with E-state index in [1.54, 1.807) is 6.82 Å². The molecule has 3 nitrogen and oxygen atoms in total. The third-order valence-corrected chi connectivity index (χ3v) is 0.956. The van der Waals surface area contributed by atoms with Gasteiger partial charge in [-0.2, -0.15) is 0 Å². The van der Waals surface area contributed by atoms with E-state index in [0.717, 1.165) is 0 Å². The van der Waals surface area contributed by atoms with Crippen LogP contribution in [0.1, 0.15) is 6.42 Å². The standard InChI is InChI=1S/C4H7BO3/c1-5-7-3-2-4(6)8-5/h2-3H2,1H3. The van der Waals surface area contributed by atoms with E-state index in [2.05, 4.69) is 4.65 Å². The summed E-state index contributed by atoms with van der Waals surface area (Å²) in [5.74, 6) is -0.163. The maximum Gasteiger partial charge on any atom is 0.523 e. The van der Waals surface area contributed by atoms with Gasteiger partial charge in [0.05, 0.1) is 6.42 Å². The minimum absolute atomic E-state index is 0.163. The molecule has 1 aliphatic heterocycles. The van der Waals surface area contributed by atoms with E-state index in [4.69, 9.17) is 4.65 Å². The van der Waals surface area contributed by atoms with Crippen molar-refractivity contribution in [1.29, 1.82) is 0 Å². The Morgan fingerprint density at radius 3 is 2.88 bits per heavy atom. The molecular weight excluding hydrogens is 107 g/mol. The molecule has 0 bridgehead atoms. The Morgan fingerprint density at radius 2 is 2.50 bits per heavy atom. The summed E-state index contributed by atoms with van der Waals surface area (Å²) in [5.41, 5.74) is 0. The third kappa shape index (κ3) is 1.23. The molecule has 1 heterocycles. The fraction of sp³-hybridized carbons (Fsp3) is 0.750. The smallest absolute Gasteiger partial charge is 0.510 e. The largest absolute Gasteiger partial charge is 0.523 e. The summed E-state index contributed by atoms with van der Waals surface area (Å²) in [5, 5.41) is 0. The lowest BCUT2D eigenvalue weighted by Gasteiger charge is -2.15. The minimum atomic E-state index is -0.337. The maximum absolute atomic E-state index is 10.4. The van der Waals surface area contributed by atoms with E-state index in [1.807, 2.05) is 0 Å². The van der Waals surface area contributed by atoms with Gasteiger partial charge in [-0.3, -0.25) is 4.79 Å². The first-order valence-electron chi connectivity index (χ1n) is 2.60. The van der Waals surface area contributed by atoms with Crippen LogP contribution in [0.25, 0.3) is 0 Å². The summed E-state index contributed by atoms with van der Waals surface area (Å²) in [4.78, 5) is 10.4. The summed E-state index contributed by atoms with van der Waals surface area (Å²) < 4.78 is 9.53. The summed E-state index contributed by atoms with van der Waals surface area (Å²) >= 11 is 0. The highest BCUT2D eigenvalue weighted by Crippen LogP contribution is 2.00. The molecular formula is C4H7BO3. The van der Waals surface area contributed by atoms with Crippen molar-refractivity contribution in [2.75, 3.05) is 6.61 Å². The summed E-state index contributed by atoms with van der Waals surface area (Å²) in [6, 6.07) is 0. The van der Waals surface area contributed by atoms with Crippen molar-refractivity contribution < 1.29 is 14.1 Å². The van der Waals surface area contributed by atoms with E-state index in [1.165, 1.54) is 0 Å². The van der Waals surface area contributed by atoms with Gasteiger partial charge in [0, 0.05) is 6.61 Å². The van der Waals surface area contributed by atoms with Crippen LogP contribution >= 0.6 is 0 Å². The van der Waals surface area contributed by atoms with Gasteiger partial charge in [-0.1, -0.05) is 0 Å². The van der Waals surface area contributed by atoms with Gasteiger partial charge in [0.15, 0.2) is 0 Å². The van der Waals surface area contributed by atoms with Crippen LogP contribution in [0.5, 0.6) is 0 Å². The van der Waals surface area contributed by atoms with Crippen LogP contribution in [-0.2, 0) is 14.1 Å². The first-order chi connectivity index (χ1) is 3.79. The van der Waals surface area contributed by atoms with Crippen molar-refractivity contribution >= 4 is 13.1 Å². The van der Waals surface area contributed by atoms with E-state index in [0.29, 0.717) is 13.0 Å². The number of rotatable bonds is 0. The molecule has 1 fully saturated rings. The van der Waals surface area contributed by atoms with E-state index < -0.39 is 0 Å². The van der Waals surface area contributed by atoms with Gasteiger partial charge in [-0.15, -0.1) is 0 Å². The monoisotopic (exact) mass is 114 g/mol. The maximum atomic E-state index is 10.4. The molecule has 1 rings (SSSR count). The van der Waals surface area contributed by atoms with Gasteiger partial charge in [-0.25, -0.2) is 0 Å². The lowest BCUT2D eigenvalue weighted by molar-refractivity contribution is -0.139. The molecule has 0 spiro atoms. The average Bonchev–Trinajstić information content (AvgIpc) is 1.64. The molecule has 0 aliphatic carbocycles. The Balaban J connectivity index is 2.34. The van der Waals surface area contributed by atoms with Crippen LogP contribution in [0.2, 0.25) is 6.82 Å². The molecule has 44 valence electrons. The van der Waals surface area contributed by atoms with Crippen LogP contribution < -0.4 is 0 Å². The van der Waals surface area contributed by atoms with Crippen molar-refractivity contribution in [1.82, 2.24) is 0 Å². The van der Waals surface area contributed by atoms with Crippen LogP contribution in [-0.4, -0.2) is 19.7 Å². The SMILES string of the molecule is CB1OCCC(=O)O1. The molecule has 0 aromatic heterocycles. The molecule has 0 aromatic carbocycles. The molecule has 0 atom stereocenters. The number of hydrogen-bond donors (Lipinski definition) is 0. The average molecular weight is 114 g/mol. The molecule has 0 unspecified atom stereocenters. The summed E-state index contributed by atoms with van der Waals surface area (Å²) in [7, 11) is -0.337. The van der Waals surface area contributed by atoms with E-state index in [-0.39, 0.29) is 13.1 Å². The van der Waals surface area contributed by atoms with Crippen molar-refractivity contribution in [3.8, 4) is 0 Å². The van der Waals surface area contributed by atoms with Gasteiger partial charge in [-0.05, 0) is 6.82 Å².